The predicted octanol–water partition coefficient (Wildman–Crippen LogP) is 2.65. The third-order valence-electron chi connectivity index (χ3n) is 3.23. The van der Waals surface area contributed by atoms with Crippen molar-refractivity contribution in [2.24, 2.45) is 0 Å². The zero-order chi connectivity index (χ0) is 13.2. The fourth-order valence-corrected chi connectivity index (χ4v) is 3.04. The summed E-state index contributed by atoms with van der Waals surface area (Å²) in [5.74, 6) is -0.00948. The van der Waals surface area contributed by atoms with Crippen LogP contribution >= 0.6 is 11.3 Å². The molecule has 96 valence electrons. The number of Topliss-reactive ketones (excluding diaryl/α,β-unsaturated/α-hetero) is 1. The summed E-state index contributed by atoms with van der Waals surface area (Å²) >= 11 is 1.30. The van der Waals surface area contributed by atoms with Crippen molar-refractivity contribution < 1.29 is 4.79 Å². The summed E-state index contributed by atoms with van der Waals surface area (Å²) in [6.07, 6.45) is 3.55. The van der Waals surface area contributed by atoms with Gasteiger partial charge in [0.25, 0.3) is 0 Å². The number of hydrogen-bond acceptors (Lipinski definition) is 5. The number of aromatic nitrogens is 2. The summed E-state index contributed by atoms with van der Waals surface area (Å²) in [7, 11) is 0. The van der Waals surface area contributed by atoms with E-state index in [1.807, 2.05) is 36.4 Å². The van der Waals surface area contributed by atoms with E-state index >= 15 is 0 Å². The third-order valence-corrected chi connectivity index (χ3v) is 4.10. The molecule has 1 saturated carbocycles. The number of ketones is 1. The Kier molecular flexibility index (Phi) is 3.13. The fourth-order valence-electron chi connectivity index (χ4n) is 2.29. The Morgan fingerprint density at radius 3 is 2.74 bits per heavy atom. The van der Waals surface area contributed by atoms with Gasteiger partial charge in [0.1, 0.15) is 5.01 Å². The molecule has 19 heavy (non-hydrogen) atoms. The van der Waals surface area contributed by atoms with Crippen LogP contribution in [0.2, 0.25) is 0 Å². The minimum atomic E-state index is -0.162. The standard InChI is InChI=1S/C14H13N3OS/c15-14-17-16-13(19-14)11-7-6-10(12(11)18)8-9-4-2-1-3-5-9/h1-5,8,11H,6-7H2,(H2,15,17)/b10-8+/t11-/m1/s1. The van der Waals surface area contributed by atoms with Gasteiger partial charge in [0, 0.05) is 0 Å². The minimum absolute atomic E-state index is 0.153. The third kappa shape index (κ3) is 2.42. The molecule has 0 radical (unpaired) electrons. The smallest absolute Gasteiger partial charge is 0.203 e. The first-order valence-electron chi connectivity index (χ1n) is 6.13. The predicted molar refractivity (Wildman–Crippen MR) is 75.7 cm³/mol. The lowest BCUT2D eigenvalue weighted by Gasteiger charge is -2.01. The molecule has 2 N–H and O–H groups in total. The summed E-state index contributed by atoms with van der Waals surface area (Å²) in [5.41, 5.74) is 7.49. The van der Waals surface area contributed by atoms with E-state index in [2.05, 4.69) is 10.2 Å². The number of nitrogen functional groups attached to an aromatic ring is 1. The van der Waals surface area contributed by atoms with Gasteiger partial charge < -0.3 is 5.73 Å². The largest absolute Gasteiger partial charge is 0.374 e. The molecule has 0 amide bonds. The number of nitrogens with two attached hydrogens (primary N) is 1. The maximum Gasteiger partial charge on any atom is 0.203 e. The van der Waals surface area contributed by atoms with E-state index in [-0.39, 0.29) is 11.7 Å². The van der Waals surface area contributed by atoms with Crippen LogP contribution in [0, 0.1) is 0 Å². The van der Waals surface area contributed by atoms with Gasteiger partial charge in [-0.15, -0.1) is 10.2 Å². The van der Waals surface area contributed by atoms with Crippen LogP contribution in [0.25, 0.3) is 6.08 Å². The van der Waals surface area contributed by atoms with Crippen LogP contribution in [0.1, 0.15) is 29.3 Å². The molecule has 1 fully saturated rings. The first-order valence-corrected chi connectivity index (χ1v) is 6.94. The van der Waals surface area contributed by atoms with Gasteiger partial charge in [0.2, 0.25) is 5.13 Å². The Morgan fingerprint density at radius 2 is 2.05 bits per heavy atom. The molecule has 1 heterocycles. The lowest BCUT2D eigenvalue weighted by Crippen LogP contribution is -2.05. The van der Waals surface area contributed by atoms with E-state index in [1.165, 1.54) is 11.3 Å². The van der Waals surface area contributed by atoms with Crippen molar-refractivity contribution in [1.29, 1.82) is 0 Å². The van der Waals surface area contributed by atoms with Crippen LogP contribution in [-0.2, 0) is 4.79 Å². The van der Waals surface area contributed by atoms with Gasteiger partial charge in [0.15, 0.2) is 5.78 Å². The summed E-state index contributed by atoms with van der Waals surface area (Å²) < 4.78 is 0. The van der Waals surface area contributed by atoms with Gasteiger partial charge in [-0.1, -0.05) is 41.7 Å². The summed E-state index contributed by atoms with van der Waals surface area (Å²) in [5, 5.41) is 8.92. The molecule has 2 aromatic rings. The zero-order valence-electron chi connectivity index (χ0n) is 10.2. The first kappa shape index (κ1) is 12.0. The number of carbonyl (C=O) groups excluding carboxylic acids is 1. The summed E-state index contributed by atoms with van der Waals surface area (Å²) in [4.78, 5) is 12.3. The lowest BCUT2D eigenvalue weighted by atomic mass is 10.1. The van der Waals surface area contributed by atoms with E-state index in [9.17, 15) is 4.79 Å². The van der Waals surface area contributed by atoms with Gasteiger partial charge in [-0.2, -0.15) is 0 Å². The number of allylic oxidation sites excluding steroid dienone is 1. The average Bonchev–Trinajstić information content (AvgIpc) is 2.99. The number of carbonyl (C=O) groups is 1. The molecule has 1 atom stereocenters. The van der Waals surface area contributed by atoms with Crippen LogP contribution < -0.4 is 5.73 Å². The van der Waals surface area contributed by atoms with Crippen molar-refractivity contribution in [2.45, 2.75) is 18.8 Å². The summed E-state index contributed by atoms with van der Waals surface area (Å²) in [6, 6.07) is 9.89. The molecule has 1 aliphatic carbocycles. The van der Waals surface area contributed by atoms with Crippen LogP contribution in [0.3, 0.4) is 0 Å². The molecule has 1 aromatic heterocycles. The van der Waals surface area contributed by atoms with Gasteiger partial charge >= 0.3 is 0 Å². The number of hydrogen-bond donors (Lipinski definition) is 1. The molecule has 1 aliphatic rings. The Bertz CT molecular complexity index is 633. The van der Waals surface area contributed by atoms with Crippen LogP contribution in [0.4, 0.5) is 5.13 Å². The molecular formula is C14H13N3OS. The number of benzene rings is 1. The molecule has 4 nitrogen and oxygen atoms in total. The second kappa shape index (κ2) is 4.93. The van der Waals surface area contributed by atoms with Crippen molar-refractivity contribution >= 4 is 28.3 Å². The second-order valence-electron chi connectivity index (χ2n) is 4.51. The van der Waals surface area contributed by atoms with E-state index < -0.39 is 0 Å². The molecule has 0 spiro atoms. The van der Waals surface area contributed by atoms with Crippen LogP contribution in [0.15, 0.2) is 35.9 Å². The number of rotatable bonds is 2. The van der Waals surface area contributed by atoms with E-state index in [0.717, 1.165) is 29.0 Å². The Morgan fingerprint density at radius 1 is 1.26 bits per heavy atom. The molecule has 0 bridgehead atoms. The number of nitrogens with zero attached hydrogens (tertiary/aromatic N) is 2. The highest BCUT2D eigenvalue weighted by atomic mass is 32.1. The average molecular weight is 271 g/mol. The monoisotopic (exact) mass is 271 g/mol. The van der Waals surface area contributed by atoms with Crippen molar-refractivity contribution in [1.82, 2.24) is 10.2 Å². The molecular weight excluding hydrogens is 258 g/mol. The number of anilines is 1. The van der Waals surface area contributed by atoms with Crippen molar-refractivity contribution in [2.75, 3.05) is 5.73 Å². The highest BCUT2D eigenvalue weighted by Gasteiger charge is 2.32. The van der Waals surface area contributed by atoms with Crippen LogP contribution in [0.5, 0.6) is 0 Å². The maximum absolute atomic E-state index is 12.3. The Hall–Kier alpha value is -2.01. The molecule has 3 rings (SSSR count). The fraction of sp³-hybridized carbons (Fsp3) is 0.214. The Labute approximate surface area is 115 Å². The Balaban J connectivity index is 1.85. The van der Waals surface area contributed by atoms with Gasteiger partial charge in [0.05, 0.1) is 5.92 Å². The SMILES string of the molecule is Nc1nnc([C@@H]2CC/C(=C\c3ccccc3)C2=O)s1. The highest BCUT2D eigenvalue weighted by molar-refractivity contribution is 7.15. The molecule has 1 aromatic carbocycles. The molecule has 5 heteroatoms. The van der Waals surface area contributed by atoms with Crippen LogP contribution in [-0.4, -0.2) is 16.0 Å². The molecule has 0 unspecified atom stereocenters. The molecule has 0 saturated heterocycles. The van der Waals surface area contributed by atoms with E-state index in [4.69, 9.17) is 5.73 Å². The van der Waals surface area contributed by atoms with Crippen molar-refractivity contribution in [3.8, 4) is 0 Å². The normalized spacial score (nSPS) is 21.2. The second-order valence-corrected chi connectivity index (χ2v) is 5.55. The van der Waals surface area contributed by atoms with Gasteiger partial charge in [-0.05, 0) is 30.1 Å². The van der Waals surface area contributed by atoms with Crippen molar-refractivity contribution in [3.63, 3.8) is 0 Å². The maximum atomic E-state index is 12.3. The van der Waals surface area contributed by atoms with Crippen molar-refractivity contribution in [3.05, 3.63) is 46.5 Å². The highest BCUT2D eigenvalue weighted by Crippen LogP contribution is 2.37. The van der Waals surface area contributed by atoms with E-state index in [0.29, 0.717) is 5.13 Å². The van der Waals surface area contributed by atoms with E-state index in [1.54, 1.807) is 0 Å². The van der Waals surface area contributed by atoms with Gasteiger partial charge in [-0.25, -0.2) is 0 Å². The van der Waals surface area contributed by atoms with Gasteiger partial charge in [-0.3, -0.25) is 4.79 Å². The summed E-state index contributed by atoms with van der Waals surface area (Å²) in [6.45, 7) is 0. The zero-order valence-corrected chi connectivity index (χ0v) is 11.1. The lowest BCUT2D eigenvalue weighted by molar-refractivity contribution is -0.115. The first-order chi connectivity index (χ1) is 9.24. The topological polar surface area (TPSA) is 68.9 Å². The molecule has 0 aliphatic heterocycles. The quantitative estimate of drug-likeness (QED) is 0.852. The minimum Gasteiger partial charge on any atom is -0.374 e.